The molecule has 34 heavy (non-hydrogen) atoms. The Kier molecular flexibility index (Phi) is 6.13. The smallest absolute Gasteiger partial charge is 0.326 e. The number of fused-ring (bicyclic) bond motifs is 1. The first-order valence-electron chi connectivity index (χ1n) is 10.7. The lowest BCUT2D eigenvalue weighted by molar-refractivity contribution is -0.137. The summed E-state index contributed by atoms with van der Waals surface area (Å²) in [6.07, 6.45) is 0.0630. The fraction of sp³-hybridized carbons (Fsp3) is 0.208. The monoisotopic (exact) mass is 461 g/mol. The number of nitrogens with one attached hydrogen (secondary N) is 4. The SMILES string of the molecule is CC(C)Nc1c(N[C@@H](Cc2ccc(NC(=O)c3n[nH]c4ccccc34)cc2)C(=O)O)c(=O)c1=O. The molecule has 1 amide bonds. The molecule has 0 fully saturated rings. The van der Waals surface area contributed by atoms with Crippen LogP contribution in [0.1, 0.15) is 29.9 Å². The number of aromatic amines is 1. The molecule has 0 aliphatic heterocycles. The number of amides is 1. The van der Waals surface area contributed by atoms with E-state index in [-0.39, 0.29) is 35.4 Å². The fourth-order valence-corrected chi connectivity index (χ4v) is 3.62. The van der Waals surface area contributed by atoms with Crippen LogP contribution in [0.5, 0.6) is 0 Å². The van der Waals surface area contributed by atoms with Gasteiger partial charge in [-0.05, 0) is 37.6 Å². The molecule has 1 heterocycles. The van der Waals surface area contributed by atoms with Gasteiger partial charge in [0.15, 0.2) is 5.69 Å². The largest absolute Gasteiger partial charge is 0.480 e. The number of carboxylic acid groups (broad SMARTS) is 1. The van der Waals surface area contributed by atoms with Crippen molar-refractivity contribution in [1.29, 1.82) is 0 Å². The first-order valence-corrected chi connectivity index (χ1v) is 10.7. The zero-order valence-electron chi connectivity index (χ0n) is 18.5. The number of benzene rings is 2. The maximum atomic E-state index is 12.6. The van der Waals surface area contributed by atoms with Crippen molar-refractivity contribution >= 4 is 39.8 Å². The summed E-state index contributed by atoms with van der Waals surface area (Å²) in [5, 5.41) is 25.5. The van der Waals surface area contributed by atoms with Gasteiger partial charge < -0.3 is 21.1 Å². The molecule has 0 unspecified atom stereocenters. The van der Waals surface area contributed by atoms with Crippen LogP contribution in [0.15, 0.2) is 58.1 Å². The summed E-state index contributed by atoms with van der Waals surface area (Å²) in [7, 11) is 0. The van der Waals surface area contributed by atoms with Crippen molar-refractivity contribution in [2.75, 3.05) is 16.0 Å². The highest BCUT2D eigenvalue weighted by atomic mass is 16.4. The molecule has 0 radical (unpaired) electrons. The fourth-order valence-electron chi connectivity index (χ4n) is 3.62. The minimum Gasteiger partial charge on any atom is -0.480 e. The van der Waals surface area contributed by atoms with Crippen LogP contribution >= 0.6 is 0 Å². The van der Waals surface area contributed by atoms with Crippen LogP contribution in [0.25, 0.3) is 10.9 Å². The van der Waals surface area contributed by atoms with Crippen LogP contribution in [0.4, 0.5) is 17.1 Å². The highest BCUT2D eigenvalue weighted by Gasteiger charge is 2.27. The number of nitrogens with zero attached hydrogens (tertiary/aromatic N) is 1. The number of hydrogen-bond donors (Lipinski definition) is 5. The third-order valence-corrected chi connectivity index (χ3v) is 5.30. The quantitative estimate of drug-likeness (QED) is 0.238. The Balaban J connectivity index is 1.44. The van der Waals surface area contributed by atoms with Gasteiger partial charge in [-0.3, -0.25) is 19.5 Å². The molecule has 4 rings (SSSR count). The van der Waals surface area contributed by atoms with Crippen LogP contribution in [-0.2, 0) is 11.2 Å². The van der Waals surface area contributed by atoms with Crippen molar-refractivity contribution < 1.29 is 14.7 Å². The molecule has 5 N–H and O–H groups in total. The predicted octanol–water partition coefficient (Wildman–Crippen LogP) is 2.34. The van der Waals surface area contributed by atoms with E-state index in [2.05, 4.69) is 26.1 Å². The summed E-state index contributed by atoms with van der Waals surface area (Å²) in [5.74, 6) is -1.54. The van der Waals surface area contributed by atoms with E-state index in [9.17, 15) is 24.3 Å². The number of carboxylic acids is 1. The summed E-state index contributed by atoms with van der Waals surface area (Å²) in [6, 6.07) is 12.8. The van der Waals surface area contributed by atoms with Crippen molar-refractivity contribution in [2.24, 2.45) is 0 Å². The van der Waals surface area contributed by atoms with E-state index in [1.165, 1.54) is 0 Å². The molecule has 4 aromatic rings. The first kappa shape index (κ1) is 22.7. The molecule has 174 valence electrons. The molecule has 1 atom stereocenters. The molecule has 0 aliphatic carbocycles. The lowest BCUT2D eigenvalue weighted by Gasteiger charge is -2.21. The molecule has 0 aliphatic rings. The second-order valence-corrected chi connectivity index (χ2v) is 8.22. The number of anilines is 3. The highest BCUT2D eigenvalue weighted by molar-refractivity contribution is 6.11. The zero-order valence-corrected chi connectivity index (χ0v) is 18.5. The van der Waals surface area contributed by atoms with Gasteiger partial charge in [0, 0.05) is 23.5 Å². The molecule has 0 saturated carbocycles. The van der Waals surface area contributed by atoms with Gasteiger partial charge in [0.2, 0.25) is 0 Å². The van der Waals surface area contributed by atoms with Gasteiger partial charge in [0.05, 0.1) is 5.52 Å². The van der Waals surface area contributed by atoms with Crippen molar-refractivity contribution in [1.82, 2.24) is 10.2 Å². The molecule has 10 nitrogen and oxygen atoms in total. The molecule has 0 spiro atoms. The van der Waals surface area contributed by atoms with Gasteiger partial charge in [-0.1, -0.05) is 30.3 Å². The normalized spacial score (nSPS) is 12.1. The third kappa shape index (κ3) is 4.51. The Morgan fingerprint density at radius 2 is 1.62 bits per heavy atom. The topological polar surface area (TPSA) is 153 Å². The van der Waals surface area contributed by atoms with Gasteiger partial charge >= 0.3 is 5.97 Å². The van der Waals surface area contributed by atoms with Crippen LogP contribution < -0.4 is 26.8 Å². The summed E-state index contributed by atoms with van der Waals surface area (Å²) >= 11 is 0. The molecular formula is C24H23N5O5. The molecule has 3 aromatic carbocycles. The van der Waals surface area contributed by atoms with Gasteiger partial charge in [-0.2, -0.15) is 5.10 Å². The molecule has 10 heteroatoms. The predicted molar refractivity (Wildman–Crippen MR) is 129 cm³/mol. The van der Waals surface area contributed by atoms with Gasteiger partial charge in [-0.15, -0.1) is 0 Å². The second kappa shape index (κ2) is 9.18. The van der Waals surface area contributed by atoms with Crippen molar-refractivity contribution in [3.63, 3.8) is 0 Å². The van der Waals surface area contributed by atoms with Crippen molar-refractivity contribution in [3.8, 4) is 0 Å². The van der Waals surface area contributed by atoms with E-state index in [0.29, 0.717) is 16.6 Å². The number of aromatic nitrogens is 2. The minimum atomic E-state index is -1.16. The molecule has 0 saturated heterocycles. The van der Waals surface area contributed by atoms with E-state index in [1.54, 1.807) is 30.3 Å². The van der Waals surface area contributed by atoms with Crippen molar-refractivity contribution in [3.05, 3.63) is 80.2 Å². The van der Waals surface area contributed by atoms with E-state index in [4.69, 9.17) is 0 Å². The van der Waals surface area contributed by atoms with Crippen molar-refractivity contribution in [2.45, 2.75) is 32.4 Å². The Bertz CT molecular complexity index is 1430. The second-order valence-electron chi connectivity index (χ2n) is 8.22. The number of para-hydroxylation sites is 1. The van der Waals surface area contributed by atoms with Crippen LogP contribution in [-0.4, -0.2) is 39.3 Å². The van der Waals surface area contributed by atoms with E-state index in [1.807, 2.05) is 32.0 Å². The molecule has 0 bridgehead atoms. The first-order chi connectivity index (χ1) is 16.2. The highest BCUT2D eigenvalue weighted by Crippen LogP contribution is 2.20. The Morgan fingerprint density at radius 3 is 2.26 bits per heavy atom. The lowest BCUT2D eigenvalue weighted by atomic mass is 10.0. The Labute approximate surface area is 193 Å². The van der Waals surface area contributed by atoms with E-state index >= 15 is 0 Å². The maximum absolute atomic E-state index is 12.6. The lowest BCUT2D eigenvalue weighted by Crippen LogP contribution is -2.43. The number of aliphatic carboxylic acids is 1. The summed E-state index contributed by atoms with van der Waals surface area (Å²) in [4.78, 5) is 48.1. The molecule has 1 aromatic heterocycles. The van der Waals surface area contributed by atoms with Gasteiger partial charge in [0.1, 0.15) is 17.4 Å². The zero-order chi connectivity index (χ0) is 24.4. The van der Waals surface area contributed by atoms with E-state index < -0.39 is 22.9 Å². The number of H-pyrrole nitrogens is 1. The minimum absolute atomic E-state index is 0.0128. The summed E-state index contributed by atoms with van der Waals surface area (Å²) < 4.78 is 0. The summed E-state index contributed by atoms with van der Waals surface area (Å²) in [5.41, 5.74) is 0.906. The van der Waals surface area contributed by atoms with Gasteiger partial charge in [0.25, 0.3) is 16.8 Å². The maximum Gasteiger partial charge on any atom is 0.326 e. The summed E-state index contributed by atoms with van der Waals surface area (Å²) in [6.45, 7) is 3.62. The standard InChI is InChI=1S/C24H23N5O5/c1-12(2)25-19-20(22(31)21(19)30)27-17(24(33)34)11-13-7-9-14(10-8-13)26-23(32)18-15-5-3-4-6-16(15)28-29-18/h3-10,12,17,25,27H,11H2,1-2H3,(H,26,32)(H,28,29)(H,33,34)/t17-/m0/s1. The molecular weight excluding hydrogens is 438 g/mol. The average molecular weight is 461 g/mol. The number of carbonyl (C=O) groups is 2. The van der Waals surface area contributed by atoms with Crippen LogP contribution in [0, 0.1) is 0 Å². The van der Waals surface area contributed by atoms with Gasteiger partial charge in [-0.25, -0.2) is 4.79 Å². The number of carbonyl (C=O) groups excluding carboxylic acids is 1. The van der Waals surface area contributed by atoms with Crippen LogP contribution in [0.3, 0.4) is 0 Å². The third-order valence-electron chi connectivity index (χ3n) is 5.30. The average Bonchev–Trinajstić information content (AvgIpc) is 3.25. The number of rotatable bonds is 9. The Hall–Kier alpha value is -4.47. The number of hydrogen-bond acceptors (Lipinski definition) is 7. The van der Waals surface area contributed by atoms with Crippen LogP contribution in [0.2, 0.25) is 0 Å². The van der Waals surface area contributed by atoms with E-state index in [0.717, 1.165) is 5.52 Å². The Morgan fingerprint density at radius 1 is 0.971 bits per heavy atom.